The van der Waals surface area contributed by atoms with Gasteiger partial charge in [0.2, 0.25) is 0 Å². The first kappa shape index (κ1) is 15.1. The third-order valence-electron chi connectivity index (χ3n) is 3.54. The molecular weight excluding hydrogens is 298 g/mol. The number of thiazole rings is 1. The van der Waals surface area contributed by atoms with Gasteiger partial charge in [0.25, 0.3) is 5.91 Å². The zero-order valence-electron chi connectivity index (χ0n) is 12.4. The summed E-state index contributed by atoms with van der Waals surface area (Å²) in [5.41, 5.74) is 2.03. The second-order valence-corrected chi connectivity index (χ2v) is 6.12. The Kier molecular flexibility index (Phi) is 4.82. The van der Waals surface area contributed by atoms with E-state index in [0.717, 1.165) is 22.8 Å². The minimum Gasteiger partial charge on any atom is -0.366 e. The lowest BCUT2D eigenvalue weighted by Crippen LogP contribution is -2.48. The van der Waals surface area contributed by atoms with Crippen molar-refractivity contribution < 1.29 is 9.53 Å². The number of hydrogen-bond donors (Lipinski definition) is 2. The number of nitrogens with zero attached hydrogens (tertiary/aromatic N) is 1. The molecule has 2 atom stereocenters. The second kappa shape index (κ2) is 7.00. The number of nitrogens with one attached hydrogen (secondary N) is 2. The van der Waals surface area contributed by atoms with Crippen LogP contribution in [0.15, 0.2) is 35.7 Å². The zero-order valence-corrected chi connectivity index (χ0v) is 13.2. The molecule has 22 heavy (non-hydrogen) atoms. The highest BCUT2D eigenvalue weighted by atomic mass is 32.1. The molecule has 5 nitrogen and oxygen atoms in total. The second-order valence-electron chi connectivity index (χ2n) is 5.23. The Hall–Kier alpha value is -1.76. The molecule has 1 aromatic heterocycles. The van der Waals surface area contributed by atoms with Crippen molar-refractivity contribution in [3.8, 4) is 11.3 Å². The van der Waals surface area contributed by atoms with Crippen molar-refractivity contribution in [3.05, 3.63) is 40.7 Å². The molecule has 1 aromatic carbocycles. The van der Waals surface area contributed by atoms with Crippen LogP contribution in [-0.2, 0) is 9.53 Å². The van der Waals surface area contributed by atoms with Crippen LogP contribution >= 0.6 is 11.3 Å². The third kappa shape index (κ3) is 3.52. The lowest BCUT2D eigenvalue weighted by atomic mass is 10.2. The van der Waals surface area contributed by atoms with E-state index in [2.05, 4.69) is 15.6 Å². The minimum atomic E-state index is -0.412. The molecule has 2 unspecified atom stereocenters. The number of hydrogen-bond acceptors (Lipinski definition) is 5. The number of aromatic nitrogens is 1. The number of benzene rings is 1. The van der Waals surface area contributed by atoms with Crippen LogP contribution in [-0.4, -0.2) is 36.7 Å². The van der Waals surface area contributed by atoms with Crippen molar-refractivity contribution in [1.82, 2.24) is 15.6 Å². The molecular formula is C16H19N3O2S. The van der Waals surface area contributed by atoms with Crippen molar-refractivity contribution in [2.75, 3.05) is 19.7 Å². The topological polar surface area (TPSA) is 63.2 Å². The summed E-state index contributed by atoms with van der Waals surface area (Å²) in [6.45, 7) is 3.88. The Labute approximate surface area is 133 Å². The maximum absolute atomic E-state index is 12.2. The van der Waals surface area contributed by atoms with Gasteiger partial charge in [0.05, 0.1) is 18.3 Å². The summed E-state index contributed by atoms with van der Waals surface area (Å²) in [5.74, 6) is -0.0869. The Bertz CT molecular complexity index is 623. The number of morpholine rings is 1. The summed E-state index contributed by atoms with van der Waals surface area (Å²) in [6.07, 6.45) is -0.412. The van der Waals surface area contributed by atoms with Crippen LogP contribution in [0.4, 0.5) is 0 Å². The number of ether oxygens (including phenoxy) is 1. The van der Waals surface area contributed by atoms with Gasteiger partial charge in [0, 0.05) is 24.0 Å². The third-order valence-corrected chi connectivity index (χ3v) is 4.57. The maximum atomic E-state index is 12.2. The molecule has 0 radical (unpaired) electrons. The molecule has 1 amide bonds. The van der Waals surface area contributed by atoms with E-state index in [1.165, 1.54) is 0 Å². The zero-order chi connectivity index (χ0) is 15.4. The van der Waals surface area contributed by atoms with Gasteiger partial charge in [0.15, 0.2) is 0 Å². The minimum absolute atomic E-state index is 0.0869. The van der Waals surface area contributed by atoms with Crippen LogP contribution in [0.5, 0.6) is 0 Å². The Morgan fingerprint density at radius 1 is 1.45 bits per heavy atom. The molecule has 0 bridgehead atoms. The molecule has 116 valence electrons. The fourth-order valence-electron chi connectivity index (χ4n) is 2.33. The van der Waals surface area contributed by atoms with Gasteiger partial charge in [-0.3, -0.25) is 4.79 Å². The standard InChI is InChI=1S/C16H19N3O2S/c1-11(18-15(20)14-9-17-7-8-21-14)16-19-13(10-22-16)12-5-3-2-4-6-12/h2-6,10-11,14,17H,7-9H2,1H3,(H,18,20). The average Bonchev–Trinajstić information content (AvgIpc) is 3.06. The predicted molar refractivity (Wildman–Crippen MR) is 86.7 cm³/mol. The first-order valence-corrected chi connectivity index (χ1v) is 8.25. The highest BCUT2D eigenvalue weighted by molar-refractivity contribution is 7.10. The molecule has 3 rings (SSSR count). The van der Waals surface area contributed by atoms with Crippen LogP contribution in [0, 0.1) is 0 Å². The quantitative estimate of drug-likeness (QED) is 0.905. The number of amides is 1. The van der Waals surface area contributed by atoms with E-state index in [9.17, 15) is 4.79 Å². The monoisotopic (exact) mass is 317 g/mol. The highest BCUT2D eigenvalue weighted by Gasteiger charge is 2.24. The lowest BCUT2D eigenvalue weighted by Gasteiger charge is -2.24. The van der Waals surface area contributed by atoms with E-state index in [4.69, 9.17) is 4.74 Å². The normalized spacial score (nSPS) is 19.6. The van der Waals surface area contributed by atoms with Gasteiger partial charge < -0.3 is 15.4 Å². The number of carbonyl (C=O) groups is 1. The molecule has 2 aromatic rings. The largest absolute Gasteiger partial charge is 0.366 e. The van der Waals surface area contributed by atoms with E-state index in [1.54, 1.807) is 11.3 Å². The van der Waals surface area contributed by atoms with Gasteiger partial charge >= 0.3 is 0 Å². The van der Waals surface area contributed by atoms with Crippen molar-refractivity contribution in [2.45, 2.75) is 19.1 Å². The van der Waals surface area contributed by atoms with Crippen molar-refractivity contribution in [2.24, 2.45) is 0 Å². The van der Waals surface area contributed by atoms with Crippen LogP contribution in [0.3, 0.4) is 0 Å². The molecule has 2 N–H and O–H groups in total. The Morgan fingerprint density at radius 2 is 2.27 bits per heavy atom. The highest BCUT2D eigenvalue weighted by Crippen LogP contribution is 2.25. The lowest BCUT2D eigenvalue weighted by molar-refractivity contribution is -0.134. The van der Waals surface area contributed by atoms with E-state index in [1.807, 2.05) is 42.6 Å². The molecule has 0 spiro atoms. The summed E-state index contributed by atoms with van der Waals surface area (Å²) >= 11 is 1.56. The fraction of sp³-hybridized carbons (Fsp3) is 0.375. The van der Waals surface area contributed by atoms with Crippen molar-refractivity contribution in [1.29, 1.82) is 0 Å². The van der Waals surface area contributed by atoms with E-state index in [-0.39, 0.29) is 11.9 Å². The van der Waals surface area contributed by atoms with Crippen LogP contribution in [0.25, 0.3) is 11.3 Å². The first-order valence-electron chi connectivity index (χ1n) is 7.37. The molecule has 2 heterocycles. The average molecular weight is 317 g/mol. The van der Waals surface area contributed by atoms with Crippen molar-refractivity contribution >= 4 is 17.2 Å². The SMILES string of the molecule is CC(NC(=O)C1CNCCO1)c1nc(-c2ccccc2)cs1. The van der Waals surface area contributed by atoms with E-state index < -0.39 is 6.10 Å². The Morgan fingerprint density at radius 3 is 3.00 bits per heavy atom. The van der Waals surface area contributed by atoms with E-state index >= 15 is 0 Å². The molecule has 0 saturated carbocycles. The summed E-state index contributed by atoms with van der Waals surface area (Å²) in [5, 5.41) is 9.05. The van der Waals surface area contributed by atoms with Crippen molar-refractivity contribution in [3.63, 3.8) is 0 Å². The predicted octanol–water partition coefficient (Wildman–Crippen LogP) is 1.98. The molecule has 1 aliphatic heterocycles. The molecule has 1 aliphatic rings. The summed E-state index contributed by atoms with van der Waals surface area (Å²) in [4.78, 5) is 16.8. The van der Waals surface area contributed by atoms with Gasteiger partial charge in [-0.1, -0.05) is 30.3 Å². The number of carbonyl (C=O) groups excluding carboxylic acids is 1. The smallest absolute Gasteiger partial charge is 0.251 e. The maximum Gasteiger partial charge on any atom is 0.251 e. The van der Waals surface area contributed by atoms with Crippen LogP contribution in [0.1, 0.15) is 18.0 Å². The number of rotatable bonds is 4. The van der Waals surface area contributed by atoms with Gasteiger partial charge in [-0.2, -0.15) is 0 Å². The van der Waals surface area contributed by atoms with Crippen LogP contribution in [0.2, 0.25) is 0 Å². The van der Waals surface area contributed by atoms with Gasteiger partial charge in [-0.05, 0) is 6.92 Å². The van der Waals surface area contributed by atoms with Gasteiger partial charge in [-0.25, -0.2) is 4.98 Å². The summed E-state index contributed by atoms with van der Waals surface area (Å²) in [7, 11) is 0. The molecule has 6 heteroatoms. The first-order chi connectivity index (χ1) is 10.7. The van der Waals surface area contributed by atoms with Gasteiger partial charge in [-0.15, -0.1) is 11.3 Å². The molecule has 0 aliphatic carbocycles. The van der Waals surface area contributed by atoms with Crippen LogP contribution < -0.4 is 10.6 Å². The summed E-state index contributed by atoms with van der Waals surface area (Å²) < 4.78 is 5.46. The molecule has 1 fully saturated rings. The van der Waals surface area contributed by atoms with E-state index in [0.29, 0.717) is 13.2 Å². The Balaban J connectivity index is 1.64. The summed E-state index contributed by atoms with van der Waals surface area (Å²) in [6, 6.07) is 9.91. The van der Waals surface area contributed by atoms with Gasteiger partial charge in [0.1, 0.15) is 11.1 Å². The fourth-order valence-corrected chi connectivity index (χ4v) is 3.17. The molecule has 1 saturated heterocycles.